The second-order valence-corrected chi connectivity index (χ2v) is 7.32. The maximum absolute atomic E-state index is 13.1. The van der Waals surface area contributed by atoms with Crippen molar-refractivity contribution < 1.29 is 13.9 Å². The summed E-state index contributed by atoms with van der Waals surface area (Å²) in [6.07, 6.45) is 2.09. The lowest BCUT2D eigenvalue weighted by Gasteiger charge is -2.12. The normalized spacial score (nSPS) is 11.1. The lowest BCUT2D eigenvalue weighted by molar-refractivity contribution is -0.121. The van der Waals surface area contributed by atoms with Crippen molar-refractivity contribution in [3.8, 4) is 17.0 Å². The number of nitrogens with zero attached hydrogens (tertiary/aromatic N) is 3. The van der Waals surface area contributed by atoms with Crippen LogP contribution in [0.4, 0.5) is 0 Å². The van der Waals surface area contributed by atoms with E-state index in [9.17, 15) is 9.59 Å². The van der Waals surface area contributed by atoms with E-state index in [0.717, 1.165) is 17.0 Å². The Morgan fingerprint density at radius 3 is 2.81 bits per heavy atom. The van der Waals surface area contributed by atoms with Crippen LogP contribution in [0.3, 0.4) is 0 Å². The first-order chi connectivity index (χ1) is 15.0. The number of ether oxygens (including phenoxy) is 1. The Hall–Kier alpha value is -3.81. The average Bonchev–Trinajstić information content (AvgIpc) is 3.46. The SMILES string of the molecule is COc1cccc(-c2cc3n(C)c(C)c(CCC(=O)NCc4ccco4)c(=O)n3n2)c1. The molecule has 0 aliphatic rings. The average molecular weight is 420 g/mol. The maximum Gasteiger partial charge on any atom is 0.277 e. The fourth-order valence-electron chi connectivity index (χ4n) is 3.55. The number of aromatic nitrogens is 3. The highest BCUT2D eigenvalue weighted by molar-refractivity contribution is 5.76. The van der Waals surface area contributed by atoms with Gasteiger partial charge in [0.1, 0.15) is 17.2 Å². The van der Waals surface area contributed by atoms with Crippen molar-refractivity contribution >= 4 is 11.6 Å². The van der Waals surface area contributed by atoms with Crippen molar-refractivity contribution in [2.75, 3.05) is 7.11 Å². The number of fused-ring (bicyclic) bond motifs is 1. The summed E-state index contributed by atoms with van der Waals surface area (Å²) in [4.78, 5) is 25.4. The molecule has 0 saturated heterocycles. The van der Waals surface area contributed by atoms with Crippen LogP contribution < -0.4 is 15.6 Å². The molecule has 0 atom stereocenters. The number of hydrogen-bond acceptors (Lipinski definition) is 5. The summed E-state index contributed by atoms with van der Waals surface area (Å²) in [5.74, 6) is 1.26. The Kier molecular flexibility index (Phi) is 5.62. The largest absolute Gasteiger partial charge is 0.497 e. The highest BCUT2D eigenvalue weighted by Crippen LogP contribution is 2.24. The Balaban J connectivity index is 1.59. The van der Waals surface area contributed by atoms with Crippen molar-refractivity contribution in [1.82, 2.24) is 19.5 Å². The molecule has 1 N–H and O–H groups in total. The van der Waals surface area contributed by atoms with E-state index in [4.69, 9.17) is 9.15 Å². The quantitative estimate of drug-likeness (QED) is 0.497. The Labute approximate surface area is 179 Å². The van der Waals surface area contributed by atoms with Gasteiger partial charge in [-0.3, -0.25) is 9.59 Å². The van der Waals surface area contributed by atoms with Crippen molar-refractivity contribution in [2.24, 2.45) is 7.05 Å². The van der Waals surface area contributed by atoms with Crippen LogP contribution in [0.1, 0.15) is 23.4 Å². The zero-order valence-electron chi connectivity index (χ0n) is 17.7. The van der Waals surface area contributed by atoms with Crippen molar-refractivity contribution in [2.45, 2.75) is 26.3 Å². The minimum absolute atomic E-state index is 0.143. The topological polar surface area (TPSA) is 90.8 Å². The summed E-state index contributed by atoms with van der Waals surface area (Å²) >= 11 is 0. The third-order valence-corrected chi connectivity index (χ3v) is 5.43. The van der Waals surface area contributed by atoms with Crippen LogP contribution in [-0.2, 0) is 24.8 Å². The van der Waals surface area contributed by atoms with E-state index in [1.165, 1.54) is 4.52 Å². The molecule has 0 saturated carbocycles. The van der Waals surface area contributed by atoms with Gasteiger partial charge in [-0.2, -0.15) is 9.61 Å². The van der Waals surface area contributed by atoms with Gasteiger partial charge in [0.15, 0.2) is 0 Å². The molecule has 0 unspecified atom stereocenters. The molecule has 3 aromatic heterocycles. The smallest absolute Gasteiger partial charge is 0.277 e. The van der Waals surface area contributed by atoms with Crippen molar-refractivity contribution in [3.05, 3.63) is 76.1 Å². The summed E-state index contributed by atoms with van der Waals surface area (Å²) in [5.41, 5.74) is 3.40. The van der Waals surface area contributed by atoms with Gasteiger partial charge in [-0.1, -0.05) is 12.1 Å². The van der Waals surface area contributed by atoms with Gasteiger partial charge in [-0.25, -0.2) is 0 Å². The second kappa shape index (κ2) is 8.51. The summed E-state index contributed by atoms with van der Waals surface area (Å²) in [7, 11) is 3.50. The number of methoxy groups -OCH3 is 1. The number of hydrogen-bond donors (Lipinski definition) is 1. The van der Waals surface area contributed by atoms with E-state index < -0.39 is 0 Å². The van der Waals surface area contributed by atoms with Crippen LogP contribution in [0.25, 0.3) is 16.9 Å². The molecule has 0 aliphatic carbocycles. The number of rotatable bonds is 7. The highest BCUT2D eigenvalue weighted by Gasteiger charge is 2.17. The minimum Gasteiger partial charge on any atom is -0.497 e. The molecule has 0 spiro atoms. The number of aryl methyl sites for hydroxylation is 1. The van der Waals surface area contributed by atoms with E-state index in [0.29, 0.717) is 35.6 Å². The summed E-state index contributed by atoms with van der Waals surface area (Å²) in [6.45, 7) is 2.21. The van der Waals surface area contributed by atoms with Crippen LogP contribution in [0.2, 0.25) is 0 Å². The van der Waals surface area contributed by atoms with Gasteiger partial charge in [0.25, 0.3) is 5.56 Å². The Bertz CT molecular complexity index is 1290. The van der Waals surface area contributed by atoms with Gasteiger partial charge >= 0.3 is 0 Å². The third-order valence-electron chi connectivity index (χ3n) is 5.43. The molecule has 0 aliphatic heterocycles. The van der Waals surface area contributed by atoms with Crippen LogP contribution in [0, 0.1) is 6.92 Å². The fraction of sp³-hybridized carbons (Fsp3) is 0.261. The van der Waals surface area contributed by atoms with Gasteiger partial charge in [0.05, 0.1) is 25.6 Å². The van der Waals surface area contributed by atoms with Crippen LogP contribution >= 0.6 is 0 Å². The van der Waals surface area contributed by atoms with Crippen LogP contribution in [0.5, 0.6) is 5.75 Å². The second-order valence-electron chi connectivity index (χ2n) is 7.32. The lowest BCUT2D eigenvalue weighted by atomic mass is 10.1. The molecule has 0 fully saturated rings. The number of carbonyl (C=O) groups excluding carboxylic acids is 1. The number of nitrogens with one attached hydrogen (secondary N) is 1. The molecule has 3 heterocycles. The molecule has 4 aromatic rings. The van der Waals surface area contributed by atoms with E-state index in [1.807, 2.05) is 48.9 Å². The number of benzene rings is 1. The van der Waals surface area contributed by atoms with E-state index in [1.54, 1.807) is 25.5 Å². The Morgan fingerprint density at radius 2 is 2.06 bits per heavy atom. The van der Waals surface area contributed by atoms with Crippen molar-refractivity contribution in [3.63, 3.8) is 0 Å². The first-order valence-electron chi connectivity index (χ1n) is 9.99. The first-order valence-corrected chi connectivity index (χ1v) is 9.99. The molecule has 4 rings (SSSR count). The van der Waals surface area contributed by atoms with Crippen LogP contribution in [0.15, 0.2) is 57.9 Å². The third kappa shape index (κ3) is 4.09. The van der Waals surface area contributed by atoms with E-state index >= 15 is 0 Å². The zero-order chi connectivity index (χ0) is 22.0. The fourth-order valence-corrected chi connectivity index (χ4v) is 3.55. The molecule has 160 valence electrons. The maximum atomic E-state index is 13.1. The summed E-state index contributed by atoms with van der Waals surface area (Å²) in [5, 5.41) is 7.34. The minimum atomic E-state index is -0.210. The molecular weight excluding hydrogens is 396 g/mol. The zero-order valence-corrected chi connectivity index (χ0v) is 17.7. The predicted octanol–water partition coefficient (Wildman–Crippen LogP) is 2.86. The molecule has 1 amide bonds. The first kappa shape index (κ1) is 20.5. The van der Waals surface area contributed by atoms with Gasteiger partial charge in [-0.05, 0) is 37.6 Å². The molecule has 0 radical (unpaired) electrons. The molecule has 1 aromatic carbocycles. The molecule has 0 bridgehead atoms. The molecule has 8 heteroatoms. The number of carbonyl (C=O) groups is 1. The Morgan fingerprint density at radius 1 is 1.23 bits per heavy atom. The number of furan rings is 1. The highest BCUT2D eigenvalue weighted by atomic mass is 16.5. The van der Waals surface area contributed by atoms with Gasteiger partial charge in [-0.15, -0.1) is 0 Å². The lowest BCUT2D eigenvalue weighted by Crippen LogP contribution is -2.27. The monoisotopic (exact) mass is 420 g/mol. The van der Waals surface area contributed by atoms with Crippen molar-refractivity contribution in [1.29, 1.82) is 0 Å². The molecular formula is C23H24N4O4. The molecule has 31 heavy (non-hydrogen) atoms. The standard InChI is InChI=1S/C23H24N4O4/c1-15-19(9-10-21(28)24-14-18-8-5-11-31-18)23(29)27-22(26(15)2)13-20(25-27)16-6-4-7-17(12-16)30-3/h4-8,11-13H,9-10,14H2,1-3H3,(H,24,28). The van der Waals surface area contributed by atoms with Gasteiger partial charge < -0.3 is 19.0 Å². The number of amides is 1. The summed E-state index contributed by atoms with van der Waals surface area (Å²) in [6, 6.07) is 13.0. The predicted molar refractivity (Wildman–Crippen MR) is 116 cm³/mol. The van der Waals surface area contributed by atoms with Gasteiger partial charge in [0, 0.05) is 36.4 Å². The molecule has 8 nitrogen and oxygen atoms in total. The van der Waals surface area contributed by atoms with Crippen LogP contribution in [-0.4, -0.2) is 27.2 Å². The summed E-state index contributed by atoms with van der Waals surface area (Å²) < 4.78 is 13.8. The van der Waals surface area contributed by atoms with E-state index in [-0.39, 0.29) is 17.9 Å². The van der Waals surface area contributed by atoms with E-state index in [2.05, 4.69) is 10.4 Å². The van der Waals surface area contributed by atoms with Gasteiger partial charge in [0.2, 0.25) is 5.91 Å².